The van der Waals surface area contributed by atoms with Crippen molar-refractivity contribution >= 4 is 27.3 Å². The molecule has 0 aliphatic heterocycles. The molecule has 1 aromatic rings. The molecule has 0 fully saturated rings. The molecule has 5 nitrogen and oxygen atoms in total. The molecule has 176 valence electrons. The third kappa shape index (κ3) is 11.9. The van der Waals surface area contributed by atoms with Crippen LogP contribution in [0.4, 0.5) is 0 Å². The van der Waals surface area contributed by atoms with Crippen molar-refractivity contribution in [3.63, 3.8) is 0 Å². The molecule has 1 heterocycles. The van der Waals surface area contributed by atoms with Gasteiger partial charge in [0, 0.05) is 11.5 Å². The van der Waals surface area contributed by atoms with Crippen LogP contribution in [0, 0.1) is 0 Å². The number of unbranched alkanes of at least 4 members (excludes halogenated alkanes) is 3. The zero-order valence-electron chi connectivity index (χ0n) is 20.7. The quantitative estimate of drug-likeness (QED) is 0.319. The summed E-state index contributed by atoms with van der Waals surface area (Å²) in [5, 5.41) is 28.0. The van der Waals surface area contributed by atoms with Crippen molar-refractivity contribution in [2.24, 2.45) is 0 Å². The Morgan fingerprint density at radius 3 is 1.90 bits per heavy atom. The fourth-order valence-electron chi connectivity index (χ4n) is 1.93. The van der Waals surface area contributed by atoms with Crippen LogP contribution in [0.1, 0.15) is 79.0 Å². The Balaban J connectivity index is 0.000000890. The van der Waals surface area contributed by atoms with Gasteiger partial charge in [0.05, 0.1) is 11.2 Å². The maximum absolute atomic E-state index is 9.10. The number of aryl methyl sites for hydroxylation is 1. The second-order valence-corrected chi connectivity index (χ2v) is 16.3. The van der Waals surface area contributed by atoms with Gasteiger partial charge in [-0.15, -0.1) is 11.3 Å². The minimum atomic E-state index is -1.56. The van der Waals surface area contributed by atoms with E-state index in [9.17, 15) is 0 Å². The van der Waals surface area contributed by atoms with Crippen LogP contribution in [-0.2, 0) is 10.8 Å². The first-order valence-electron chi connectivity index (χ1n) is 10.9. The Kier molecular flexibility index (Phi) is 12.4. The summed E-state index contributed by atoms with van der Waals surface area (Å²) in [6, 6.07) is 4.03. The average Bonchev–Trinajstić information content (AvgIpc) is 2.99. The van der Waals surface area contributed by atoms with Crippen LogP contribution in [0.5, 0.6) is 5.06 Å². The van der Waals surface area contributed by atoms with Crippen molar-refractivity contribution in [3.8, 4) is 5.06 Å². The topological polar surface area (TPSA) is 79.2 Å². The summed E-state index contributed by atoms with van der Waals surface area (Å²) in [6.45, 7) is 18.7. The zero-order chi connectivity index (χ0) is 23.6. The highest BCUT2D eigenvalue weighted by Crippen LogP contribution is 2.36. The van der Waals surface area contributed by atoms with Crippen molar-refractivity contribution in [1.29, 1.82) is 0 Å². The second kappa shape index (κ2) is 12.6. The molecule has 0 saturated heterocycles. The Hall–Kier alpha value is -0.378. The van der Waals surface area contributed by atoms with Gasteiger partial charge in [-0.1, -0.05) is 33.6 Å². The summed E-state index contributed by atoms with van der Waals surface area (Å²) >= 11 is 1.63. The number of thiophene rings is 1. The monoisotopic (exact) mass is 460 g/mol. The molecule has 30 heavy (non-hydrogen) atoms. The van der Waals surface area contributed by atoms with Crippen molar-refractivity contribution in [2.45, 2.75) is 110 Å². The fraction of sp³-hybridized carbons (Fsp3) is 0.818. The third-order valence-corrected chi connectivity index (χ3v) is 11.5. The number of aliphatic hydroxyl groups is 2. The number of rotatable bonds is 11. The molecule has 0 radical (unpaired) electrons. The first-order valence-corrected chi connectivity index (χ1v) is 14.6. The Morgan fingerprint density at radius 2 is 1.43 bits per heavy atom. The van der Waals surface area contributed by atoms with E-state index in [1.807, 2.05) is 6.07 Å². The van der Waals surface area contributed by atoms with Crippen LogP contribution in [0.2, 0.25) is 18.1 Å². The molecule has 0 unspecified atom stereocenters. The maximum atomic E-state index is 9.10. The molecule has 0 amide bonds. The molecular weight excluding hydrogens is 415 g/mol. The Morgan fingerprint density at radius 1 is 0.900 bits per heavy atom. The van der Waals surface area contributed by atoms with E-state index in [1.165, 1.54) is 24.1 Å². The molecule has 0 aliphatic rings. The summed E-state index contributed by atoms with van der Waals surface area (Å²) < 4.78 is 11.3. The summed E-state index contributed by atoms with van der Waals surface area (Å²) in [5.74, 6) is 0. The highest BCUT2D eigenvalue weighted by atomic mass is 32.1. The van der Waals surface area contributed by atoms with Crippen molar-refractivity contribution in [2.75, 3.05) is 6.61 Å². The van der Waals surface area contributed by atoms with Gasteiger partial charge in [0.15, 0.2) is 13.4 Å². The van der Waals surface area contributed by atoms with Gasteiger partial charge in [0.1, 0.15) is 0 Å². The molecule has 0 spiro atoms. The third-order valence-electron chi connectivity index (χ3n) is 5.93. The minimum absolute atomic E-state index is 0.242. The standard InChI is InChI=1S/C16H31BO3SSi.C6H14O2/c1-16(2,3)22(4,5)19-13-9-7-6-8-10-14-11-12-15(21-14)20-17-18;1-5(2,7)6(3,4)8/h11-12,17-18H,6-10,13H2,1-5H3;7-8H,1-4H3. The lowest BCUT2D eigenvalue weighted by atomic mass is 9.90. The largest absolute Gasteiger partial charge is 0.531 e. The number of hydrogen-bond donors (Lipinski definition) is 3. The molecule has 0 aromatic carbocycles. The molecular formula is C22H45BO5SSi. The van der Waals surface area contributed by atoms with E-state index in [1.54, 1.807) is 39.0 Å². The van der Waals surface area contributed by atoms with Gasteiger partial charge < -0.3 is 24.3 Å². The van der Waals surface area contributed by atoms with Crippen molar-refractivity contribution < 1.29 is 24.3 Å². The van der Waals surface area contributed by atoms with E-state index >= 15 is 0 Å². The van der Waals surface area contributed by atoms with Crippen LogP contribution in [0.25, 0.3) is 0 Å². The average molecular weight is 461 g/mol. The van der Waals surface area contributed by atoms with Gasteiger partial charge in [-0.2, -0.15) is 0 Å². The minimum Gasteiger partial charge on any atom is -0.531 e. The summed E-state index contributed by atoms with van der Waals surface area (Å²) in [6.07, 6.45) is 5.95. The zero-order valence-corrected chi connectivity index (χ0v) is 22.5. The van der Waals surface area contributed by atoms with E-state index in [2.05, 4.69) is 39.9 Å². The predicted molar refractivity (Wildman–Crippen MR) is 132 cm³/mol. The van der Waals surface area contributed by atoms with Crippen LogP contribution >= 0.6 is 11.3 Å². The van der Waals surface area contributed by atoms with Gasteiger partial charge in [-0.3, -0.25) is 0 Å². The van der Waals surface area contributed by atoms with Crippen LogP contribution in [0.3, 0.4) is 0 Å². The lowest BCUT2D eigenvalue weighted by Gasteiger charge is -2.36. The molecule has 0 saturated carbocycles. The van der Waals surface area contributed by atoms with Crippen LogP contribution in [0.15, 0.2) is 12.1 Å². The smallest absolute Gasteiger partial charge is 0.504 e. The SMILES string of the molecule is CC(C)(C)[Si](C)(C)OCCCCCCc1ccc(OBO)s1.CC(C)(O)C(C)(C)O. The molecule has 3 N–H and O–H groups in total. The Labute approximate surface area is 190 Å². The predicted octanol–water partition coefficient (Wildman–Crippen LogP) is 5.04. The molecule has 0 bridgehead atoms. The molecule has 0 atom stereocenters. The first-order chi connectivity index (χ1) is 13.5. The van der Waals surface area contributed by atoms with Gasteiger partial charge in [0.25, 0.3) is 0 Å². The van der Waals surface area contributed by atoms with E-state index in [0.717, 1.165) is 24.5 Å². The number of hydrogen-bond acceptors (Lipinski definition) is 6. The lowest BCUT2D eigenvalue weighted by molar-refractivity contribution is -0.107. The summed E-state index contributed by atoms with van der Waals surface area (Å²) in [7, 11) is -1.81. The molecule has 8 heteroatoms. The van der Waals surface area contributed by atoms with Gasteiger partial charge in [-0.25, -0.2) is 0 Å². The van der Waals surface area contributed by atoms with Crippen LogP contribution < -0.4 is 4.65 Å². The van der Waals surface area contributed by atoms with Crippen LogP contribution in [-0.4, -0.2) is 49.0 Å². The maximum Gasteiger partial charge on any atom is 0.504 e. The summed E-state index contributed by atoms with van der Waals surface area (Å²) in [4.78, 5) is 1.33. The molecule has 0 aliphatic carbocycles. The van der Waals surface area contributed by atoms with Gasteiger partial charge in [-0.05, 0) is 77.2 Å². The molecule has 1 rings (SSSR count). The second-order valence-electron chi connectivity index (χ2n) is 10.4. The van der Waals surface area contributed by atoms with Gasteiger partial charge in [0.2, 0.25) is 0 Å². The lowest BCUT2D eigenvalue weighted by Crippen LogP contribution is -2.44. The fourth-order valence-corrected chi connectivity index (χ4v) is 3.91. The van der Waals surface area contributed by atoms with Crippen molar-refractivity contribution in [3.05, 3.63) is 17.0 Å². The van der Waals surface area contributed by atoms with Crippen molar-refractivity contribution in [1.82, 2.24) is 0 Å². The highest BCUT2D eigenvalue weighted by molar-refractivity contribution is 7.13. The normalized spacial score (nSPS) is 12.9. The van der Waals surface area contributed by atoms with E-state index < -0.39 is 19.5 Å². The Bertz CT molecular complexity index is 574. The first kappa shape index (κ1) is 29.6. The summed E-state index contributed by atoms with van der Waals surface area (Å²) in [5.41, 5.74) is -2.01. The highest BCUT2D eigenvalue weighted by Gasteiger charge is 2.36. The van der Waals surface area contributed by atoms with E-state index in [0.29, 0.717) is 5.04 Å². The van der Waals surface area contributed by atoms with Gasteiger partial charge >= 0.3 is 7.69 Å². The van der Waals surface area contributed by atoms with E-state index in [4.69, 9.17) is 24.3 Å². The van der Waals surface area contributed by atoms with E-state index in [-0.39, 0.29) is 7.69 Å². The molecule has 1 aromatic heterocycles.